The fourth-order valence-electron chi connectivity index (χ4n) is 2.95. The molecular weight excluding hydrogens is 347 g/mol. The third kappa shape index (κ3) is 3.04. The van der Waals surface area contributed by atoms with Crippen molar-refractivity contribution in [2.75, 3.05) is 7.11 Å². The van der Waals surface area contributed by atoms with Crippen molar-refractivity contribution in [1.82, 2.24) is 0 Å². The van der Waals surface area contributed by atoms with E-state index >= 15 is 0 Å². The van der Waals surface area contributed by atoms with Crippen LogP contribution in [-0.2, 0) is 0 Å². The summed E-state index contributed by atoms with van der Waals surface area (Å²) in [4.78, 5) is 0.981. The maximum absolute atomic E-state index is 13.6. The molecule has 0 saturated heterocycles. The summed E-state index contributed by atoms with van der Waals surface area (Å²) in [6.07, 6.45) is 0. The van der Waals surface area contributed by atoms with Crippen molar-refractivity contribution in [2.24, 2.45) is 0 Å². The largest absolute Gasteiger partial charge is 0.497 e. The summed E-state index contributed by atoms with van der Waals surface area (Å²) in [5.74, 6) is 2.12. The Morgan fingerprint density at radius 1 is 0.885 bits per heavy atom. The van der Waals surface area contributed by atoms with Gasteiger partial charge in [0.1, 0.15) is 17.3 Å². The van der Waals surface area contributed by atoms with E-state index in [0.717, 1.165) is 43.3 Å². The molecule has 1 heterocycles. The normalized spacial score (nSPS) is 10.9. The van der Waals surface area contributed by atoms with Crippen molar-refractivity contribution in [2.45, 2.75) is 6.92 Å². The Bertz CT molecular complexity index is 1070. The van der Waals surface area contributed by atoms with Gasteiger partial charge in [-0.05, 0) is 60.5 Å². The number of fused-ring (bicyclic) bond motifs is 1. The molecule has 0 N–H and O–H groups in total. The Morgan fingerprint density at radius 2 is 1.69 bits per heavy atom. The molecule has 2 nitrogen and oxygen atoms in total. The molecule has 4 rings (SSSR count). The lowest BCUT2D eigenvalue weighted by molar-refractivity contribution is 0.415. The van der Waals surface area contributed by atoms with Gasteiger partial charge in [-0.1, -0.05) is 24.3 Å². The molecule has 3 aromatic carbocycles. The fourth-order valence-corrected chi connectivity index (χ4v) is 4.20. The number of benzene rings is 3. The zero-order chi connectivity index (χ0) is 18.1. The minimum absolute atomic E-state index is 0.237. The maximum Gasteiger partial charge on any atom is 0.153 e. The van der Waals surface area contributed by atoms with E-state index in [-0.39, 0.29) is 5.82 Å². The molecule has 0 fully saturated rings. The highest BCUT2D eigenvalue weighted by Crippen LogP contribution is 2.47. The van der Waals surface area contributed by atoms with Gasteiger partial charge in [0.15, 0.2) is 5.75 Å². The van der Waals surface area contributed by atoms with Crippen LogP contribution in [0, 0.1) is 12.7 Å². The van der Waals surface area contributed by atoms with Crippen LogP contribution in [0.25, 0.3) is 20.5 Å². The Morgan fingerprint density at radius 3 is 2.42 bits per heavy atom. The quantitative estimate of drug-likeness (QED) is 0.396. The molecular formula is C22H17FO2S. The average Bonchev–Trinajstić information content (AvgIpc) is 3.00. The van der Waals surface area contributed by atoms with Crippen LogP contribution >= 0.6 is 11.3 Å². The van der Waals surface area contributed by atoms with E-state index in [9.17, 15) is 4.39 Å². The SMILES string of the molecule is COc1ccc2c(Oc3ccccc3)c(-c3ccc(F)cc3C)sc2c1. The van der Waals surface area contributed by atoms with Crippen LogP contribution < -0.4 is 9.47 Å². The van der Waals surface area contributed by atoms with E-state index < -0.39 is 0 Å². The summed E-state index contributed by atoms with van der Waals surface area (Å²) in [7, 11) is 1.65. The van der Waals surface area contributed by atoms with Crippen molar-refractivity contribution in [3.8, 4) is 27.7 Å². The molecule has 0 aliphatic carbocycles. The monoisotopic (exact) mass is 364 g/mol. The van der Waals surface area contributed by atoms with Gasteiger partial charge >= 0.3 is 0 Å². The second kappa shape index (κ2) is 6.81. The van der Waals surface area contributed by atoms with Crippen LogP contribution in [0.3, 0.4) is 0 Å². The van der Waals surface area contributed by atoms with Gasteiger partial charge < -0.3 is 9.47 Å². The minimum atomic E-state index is -0.237. The van der Waals surface area contributed by atoms with Crippen LogP contribution in [0.2, 0.25) is 0 Å². The molecule has 0 radical (unpaired) electrons. The van der Waals surface area contributed by atoms with Gasteiger partial charge in [-0.3, -0.25) is 0 Å². The first-order valence-corrected chi connectivity index (χ1v) is 9.07. The summed E-state index contributed by atoms with van der Waals surface area (Å²) in [5.41, 5.74) is 1.85. The predicted molar refractivity (Wildman–Crippen MR) is 105 cm³/mol. The number of methoxy groups -OCH3 is 1. The molecule has 0 spiro atoms. The lowest BCUT2D eigenvalue weighted by Gasteiger charge is -2.10. The van der Waals surface area contributed by atoms with Crippen molar-refractivity contribution in [1.29, 1.82) is 0 Å². The van der Waals surface area contributed by atoms with E-state index in [0.29, 0.717) is 0 Å². The molecule has 0 unspecified atom stereocenters. The molecule has 130 valence electrons. The summed E-state index contributed by atoms with van der Waals surface area (Å²) < 4.78 is 26.2. The Labute approximate surface area is 155 Å². The smallest absolute Gasteiger partial charge is 0.153 e. The molecule has 26 heavy (non-hydrogen) atoms. The van der Waals surface area contributed by atoms with E-state index in [1.807, 2.05) is 61.5 Å². The second-order valence-electron chi connectivity index (χ2n) is 6.00. The van der Waals surface area contributed by atoms with Gasteiger partial charge in [0.25, 0.3) is 0 Å². The minimum Gasteiger partial charge on any atom is -0.497 e. The lowest BCUT2D eigenvalue weighted by Crippen LogP contribution is -1.88. The maximum atomic E-state index is 13.6. The first kappa shape index (κ1) is 16.6. The number of halogens is 1. The number of hydrogen-bond acceptors (Lipinski definition) is 3. The summed E-state index contributed by atoms with van der Waals surface area (Å²) in [6, 6.07) is 20.5. The van der Waals surface area contributed by atoms with E-state index in [1.165, 1.54) is 6.07 Å². The van der Waals surface area contributed by atoms with Crippen molar-refractivity contribution >= 4 is 21.4 Å². The van der Waals surface area contributed by atoms with E-state index in [2.05, 4.69) is 0 Å². The number of para-hydroxylation sites is 1. The van der Waals surface area contributed by atoms with Crippen LogP contribution in [-0.4, -0.2) is 7.11 Å². The molecule has 0 saturated carbocycles. The topological polar surface area (TPSA) is 18.5 Å². The fraction of sp³-hybridized carbons (Fsp3) is 0.0909. The van der Waals surface area contributed by atoms with Gasteiger partial charge in [0.05, 0.1) is 12.0 Å². The van der Waals surface area contributed by atoms with Crippen LogP contribution in [0.15, 0.2) is 66.7 Å². The van der Waals surface area contributed by atoms with Crippen molar-refractivity contribution in [3.63, 3.8) is 0 Å². The highest BCUT2D eigenvalue weighted by Gasteiger charge is 2.18. The number of thiophene rings is 1. The Balaban J connectivity index is 1.93. The van der Waals surface area contributed by atoms with Crippen molar-refractivity contribution in [3.05, 3.63) is 78.1 Å². The van der Waals surface area contributed by atoms with Gasteiger partial charge in [0.2, 0.25) is 0 Å². The average molecular weight is 364 g/mol. The van der Waals surface area contributed by atoms with E-state index in [1.54, 1.807) is 24.5 Å². The van der Waals surface area contributed by atoms with Gasteiger partial charge in [-0.25, -0.2) is 4.39 Å². The third-order valence-electron chi connectivity index (χ3n) is 4.25. The first-order chi connectivity index (χ1) is 12.7. The predicted octanol–water partition coefficient (Wildman–Crippen LogP) is 6.82. The molecule has 4 aromatic rings. The highest BCUT2D eigenvalue weighted by atomic mass is 32.1. The van der Waals surface area contributed by atoms with Crippen LogP contribution in [0.4, 0.5) is 4.39 Å². The molecule has 0 amide bonds. The Hall–Kier alpha value is -2.85. The number of hydrogen-bond donors (Lipinski definition) is 0. The zero-order valence-electron chi connectivity index (χ0n) is 14.5. The number of rotatable bonds is 4. The van der Waals surface area contributed by atoms with E-state index in [4.69, 9.17) is 9.47 Å². The molecule has 0 bridgehead atoms. The van der Waals surface area contributed by atoms with Crippen molar-refractivity contribution < 1.29 is 13.9 Å². The third-order valence-corrected chi connectivity index (χ3v) is 5.41. The standard InChI is InChI=1S/C22H17FO2S/c1-14-12-15(23)8-10-18(14)22-21(25-16-6-4-3-5-7-16)19-11-9-17(24-2)13-20(19)26-22/h3-13H,1-2H3. The molecule has 0 atom stereocenters. The Kier molecular flexibility index (Phi) is 4.35. The summed E-state index contributed by atoms with van der Waals surface area (Å²) in [6.45, 7) is 1.91. The lowest BCUT2D eigenvalue weighted by atomic mass is 10.1. The molecule has 0 aliphatic rings. The molecule has 0 aliphatic heterocycles. The first-order valence-electron chi connectivity index (χ1n) is 8.25. The van der Waals surface area contributed by atoms with Gasteiger partial charge in [-0.15, -0.1) is 11.3 Å². The summed E-state index contributed by atoms with van der Waals surface area (Å²) in [5, 5.41) is 1.01. The highest BCUT2D eigenvalue weighted by molar-refractivity contribution is 7.22. The second-order valence-corrected chi connectivity index (χ2v) is 7.05. The molecule has 4 heteroatoms. The number of aryl methyl sites for hydroxylation is 1. The van der Waals surface area contributed by atoms with Crippen LogP contribution in [0.1, 0.15) is 5.56 Å². The van der Waals surface area contributed by atoms with Gasteiger partial charge in [0, 0.05) is 10.1 Å². The summed E-state index contributed by atoms with van der Waals surface area (Å²) >= 11 is 1.62. The van der Waals surface area contributed by atoms with Gasteiger partial charge in [-0.2, -0.15) is 0 Å². The molecule has 1 aromatic heterocycles. The van der Waals surface area contributed by atoms with Crippen LogP contribution in [0.5, 0.6) is 17.2 Å². The number of ether oxygens (including phenoxy) is 2. The zero-order valence-corrected chi connectivity index (χ0v) is 15.3.